The SMILES string of the molecule is c1ccc(COc2ccc3[nH]c4c(c3c2)CC2CN(Cc3ccccc3)CCC2C4)cc1. The Kier molecular flexibility index (Phi) is 5.20. The maximum atomic E-state index is 6.13. The molecule has 1 aliphatic heterocycles. The average Bonchev–Trinajstić information content (AvgIpc) is 3.19. The van der Waals surface area contributed by atoms with E-state index in [-0.39, 0.29) is 0 Å². The molecular weight excluding hydrogens is 392 g/mol. The van der Waals surface area contributed by atoms with Gasteiger partial charge in [0.25, 0.3) is 0 Å². The lowest BCUT2D eigenvalue weighted by Crippen LogP contribution is -2.43. The largest absolute Gasteiger partial charge is 0.489 e. The van der Waals surface area contributed by atoms with Gasteiger partial charge in [-0.15, -0.1) is 0 Å². The molecule has 2 aliphatic rings. The zero-order valence-corrected chi connectivity index (χ0v) is 18.5. The molecule has 1 N–H and O–H groups in total. The van der Waals surface area contributed by atoms with E-state index in [9.17, 15) is 0 Å². The van der Waals surface area contributed by atoms with E-state index < -0.39 is 0 Å². The number of benzene rings is 3. The number of ether oxygens (including phenoxy) is 1. The van der Waals surface area contributed by atoms with Crippen LogP contribution < -0.4 is 4.74 Å². The summed E-state index contributed by atoms with van der Waals surface area (Å²) >= 11 is 0. The molecule has 1 saturated heterocycles. The second-order valence-electron chi connectivity index (χ2n) is 9.50. The van der Waals surface area contributed by atoms with Gasteiger partial charge in [-0.3, -0.25) is 4.90 Å². The van der Waals surface area contributed by atoms with Crippen LogP contribution in [0, 0.1) is 11.8 Å². The normalized spacial score (nSPS) is 20.6. The minimum Gasteiger partial charge on any atom is -0.489 e. The molecule has 0 saturated carbocycles. The zero-order valence-electron chi connectivity index (χ0n) is 18.5. The highest BCUT2D eigenvalue weighted by molar-refractivity contribution is 5.86. The fraction of sp³-hybridized carbons (Fsp3) is 0.310. The van der Waals surface area contributed by atoms with Crippen molar-refractivity contribution in [2.24, 2.45) is 11.8 Å². The third kappa shape index (κ3) is 3.93. The molecular formula is C29H30N2O. The molecule has 6 rings (SSSR count). The lowest BCUT2D eigenvalue weighted by Gasteiger charge is -2.41. The molecule has 1 aromatic heterocycles. The summed E-state index contributed by atoms with van der Waals surface area (Å²) < 4.78 is 6.13. The molecule has 32 heavy (non-hydrogen) atoms. The van der Waals surface area contributed by atoms with Crippen LogP contribution in [-0.2, 0) is 26.0 Å². The van der Waals surface area contributed by atoms with Crippen molar-refractivity contribution in [2.75, 3.05) is 13.1 Å². The van der Waals surface area contributed by atoms with Crippen molar-refractivity contribution in [3.8, 4) is 5.75 Å². The number of hydrogen-bond donors (Lipinski definition) is 1. The van der Waals surface area contributed by atoms with Gasteiger partial charge in [-0.25, -0.2) is 0 Å². The lowest BCUT2D eigenvalue weighted by atomic mass is 9.74. The number of piperidine rings is 1. The number of aromatic nitrogens is 1. The minimum atomic E-state index is 0.609. The predicted molar refractivity (Wildman–Crippen MR) is 130 cm³/mol. The molecule has 1 aliphatic carbocycles. The van der Waals surface area contributed by atoms with Crippen LogP contribution >= 0.6 is 0 Å². The highest BCUT2D eigenvalue weighted by Gasteiger charge is 2.35. The Morgan fingerprint density at radius 2 is 1.62 bits per heavy atom. The molecule has 2 atom stereocenters. The van der Waals surface area contributed by atoms with E-state index in [0.717, 1.165) is 24.1 Å². The van der Waals surface area contributed by atoms with E-state index >= 15 is 0 Å². The Morgan fingerprint density at radius 1 is 0.844 bits per heavy atom. The van der Waals surface area contributed by atoms with Crippen LogP contribution in [0.2, 0.25) is 0 Å². The smallest absolute Gasteiger partial charge is 0.120 e. The second kappa shape index (κ2) is 8.48. The maximum Gasteiger partial charge on any atom is 0.120 e. The molecule has 0 spiro atoms. The summed E-state index contributed by atoms with van der Waals surface area (Å²) in [6.07, 6.45) is 3.67. The number of fused-ring (bicyclic) bond motifs is 4. The first-order chi connectivity index (χ1) is 15.8. The van der Waals surface area contributed by atoms with Crippen LogP contribution in [0.15, 0.2) is 78.9 Å². The number of aromatic amines is 1. The van der Waals surface area contributed by atoms with Crippen LogP contribution in [0.25, 0.3) is 10.9 Å². The summed E-state index contributed by atoms with van der Waals surface area (Å²) in [7, 11) is 0. The van der Waals surface area contributed by atoms with Crippen molar-refractivity contribution in [1.82, 2.24) is 9.88 Å². The van der Waals surface area contributed by atoms with Crippen molar-refractivity contribution < 1.29 is 4.74 Å². The Balaban J connectivity index is 1.20. The van der Waals surface area contributed by atoms with Crippen molar-refractivity contribution in [3.05, 3.63) is 101 Å². The van der Waals surface area contributed by atoms with E-state index in [4.69, 9.17) is 4.74 Å². The fourth-order valence-electron chi connectivity index (χ4n) is 5.69. The summed E-state index contributed by atoms with van der Waals surface area (Å²) in [5, 5.41) is 1.35. The number of rotatable bonds is 5. The molecule has 3 nitrogen and oxygen atoms in total. The van der Waals surface area contributed by atoms with Gasteiger partial charge in [0.2, 0.25) is 0 Å². The number of hydrogen-bond acceptors (Lipinski definition) is 2. The summed E-state index contributed by atoms with van der Waals surface area (Å²) in [4.78, 5) is 6.39. The molecule has 3 heteroatoms. The zero-order chi connectivity index (χ0) is 21.3. The van der Waals surface area contributed by atoms with Crippen LogP contribution in [0.3, 0.4) is 0 Å². The van der Waals surface area contributed by atoms with Crippen molar-refractivity contribution in [1.29, 1.82) is 0 Å². The summed E-state index contributed by atoms with van der Waals surface area (Å²) in [6.45, 7) is 4.10. The molecule has 0 radical (unpaired) electrons. The van der Waals surface area contributed by atoms with Crippen molar-refractivity contribution >= 4 is 10.9 Å². The van der Waals surface area contributed by atoms with E-state index in [1.54, 1.807) is 0 Å². The van der Waals surface area contributed by atoms with Gasteiger partial charge in [0.15, 0.2) is 0 Å². The molecule has 0 amide bonds. The topological polar surface area (TPSA) is 28.3 Å². The third-order valence-electron chi connectivity index (χ3n) is 7.37. The molecule has 3 aromatic carbocycles. The van der Waals surface area contributed by atoms with Gasteiger partial charge >= 0.3 is 0 Å². The van der Waals surface area contributed by atoms with Gasteiger partial charge in [0.1, 0.15) is 12.4 Å². The highest BCUT2D eigenvalue weighted by atomic mass is 16.5. The number of likely N-dealkylation sites (tertiary alicyclic amines) is 1. The minimum absolute atomic E-state index is 0.609. The predicted octanol–water partition coefficient (Wildman–Crippen LogP) is 5.98. The van der Waals surface area contributed by atoms with Gasteiger partial charge in [0, 0.05) is 29.7 Å². The maximum absolute atomic E-state index is 6.13. The molecule has 4 aromatic rings. The Bertz CT molecular complexity index is 1200. The number of H-pyrrole nitrogens is 1. The molecule has 0 bridgehead atoms. The Hall–Kier alpha value is -3.04. The fourth-order valence-corrected chi connectivity index (χ4v) is 5.69. The summed E-state index contributed by atoms with van der Waals surface area (Å²) in [5.74, 6) is 2.50. The van der Waals surface area contributed by atoms with Crippen molar-refractivity contribution in [3.63, 3.8) is 0 Å². The number of nitrogens with zero attached hydrogens (tertiary/aromatic N) is 1. The van der Waals surface area contributed by atoms with Gasteiger partial charge in [-0.2, -0.15) is 0 Å². The Morgan fingerprint density at radius 3 is 2.44 bits per heavy atom. The summed E-state index contributed by atoms with van der Waals surface area (Å²) in [5.41, 5.74) is 6.86. The van der Waals surface area contributed by atoms with Crippen LogP contribution in [-0.4, -0.2) is 23.0 Å². The van der Waals surface area contributed by atoms with Gasteiger partial charge in [-0.1, -0.05) is 60.7 Å². The first-order valence-electron chi connectivity index (χ1n) is 11.9. The highest BCUT2D eigenvalue weighted by Crippen LogP contribution is 2.40. The average molecular weight is 423 g/mol. The quantitative estimate of drug-likeness (QED) is 0.428. The van der Waals surface area contributed by atoms with Crippen LogP contribution in [0.1, 0.15) is 28.8 Å². The first kappa shape index (κ1) is 19.6. The third-order valence-corrected chi connectivity index (χ3v) is 7.37. The van der Waals surface area contributed by atoms with Crippen molar-refractivity contribution in [2.45, 2.75) is 32.4 Å². The van der Waals surface area contributed by atoms with Gasteiger partial charge in [0.05, 0.1) is 0 Å². The van der Waals surface area contributed by atoms with E-state index in [1.807, 2.05) is 6.07 Å². The standard InChI is InChI=1S/C29H30N2O/c1-3-7-21(8-4-1)18-31-14-13-23-16-29-26(15-24(23)19-31)27-17-25(11-12-28(27)30-29)32-20-22-9-5-2-6-10-22/h1-12,17,23-24,30H,13-16,18-20H2. The lowest BCUT2D eigenvalue weighted by molar-refractivity contribution is 0.106. The molecule has 2 unspecified atom stereocenters. The molecule has 2 heterocycles. The van der Waals surface area contributed by atoms with E-state index in [2.05, 4.69) is 82.7 Å². The van der Waals surface area contributed by atoms with Gasteiger partial charge in [-0.05, 0) is 72.5 Å². The monoisotopic (exact) mass is 422 g/mol. The van der Waals surface area contributed by atoms with E-state index in [1.165, 1.54) is 65.6 Å². The molecule has 1 fully saturated rings. The molecule has 162 valence electrons. The van der Waals surface area contributed by atoms with Crippen LogP contribution in [0.4, 0.5) is 0 Å². The van der Waals surface area contributed by atoms with Crippen LogP contribution in [0.5, 0.6) is 5.75 Å². The second-order valence-corrected chi connectivity index (χ2v) is 9.50. The van der Waals surface area contributed by atoms with E-state index in [0.29, 0.717) is 6.61 Å². The Labute approximate surface area is 190 Å². The van der Waals surface area contributed by atoms with Gasteiger partial charge < -0.3 is 9.72 Å². The number of nitrogens with one attached hydrogen (secondary N) is 1. The first-order valence-corrected chi connectivity index (χ1v) is 11.9. The summed E-state index contributed by atoms with van der Waals surface area (Å²) in [6, 6.07) is 27.8.